The van der Waals surface area contributed by atoms with E-state index in [1.165, 1.54) is 13.8 Å². The number of rotatable bonds is 5. The van der Waals surface area contributed by atoms with Crippen LogP contribution in [0.3, 0.4) is 0 Å². The predicted octanol–water partition coefficient (Wildman–Crippen LogP) is 4.39. The topological polar surface area (TPSA) is 81.7 Å². The summed E-state index contributed by atoms with van der Waals surface area (Å²) < 4.78 is 25.0. The Bertz CT molecular complexity index is 1060. The van der Waals surface area contributed by atoms with Crippen LogP contribution < -0.4 is 14.8 Å². The summed E-state index contributed by atoms with van der Waals surface area (Å²) in [5.41, 5.74) is 3.87. The molecule has 1 amide bonds. The minimum absolute atomic E-state index is 0.145. The van der Waals surface area contributed by atoms with Crippen molar-refractivity contribution in [1.29, 1.82) is 0 Å². The van der Waals surface area contributed by atoms with Gasteiger partial charge in [0.1, 0.15) is 17.1 Å². The lowest BCUT2D eigenvalue weighted by Gasteiger charge is -2.38. The molecule has 2 aromatic carbocycles. The number of nitrogens with one attached hydrogen (secondary N) is 1. The van der Waals surface area contributed by atoms with Crippen molar-refractivity contribution in [2.75, 3.05) is 11.1 Å². The molecule has 0 aromatic heterocycles. The van der Waals surface area contributed by atoms with E-state index in [9.17, 15) is 13.8 Å². The van der Waals surface area contributed by atoms with E-state index in [1.54, 1.807) is 24.3 Å². The van der Waals surface area contributed by atoms with Crippen molar-refractivity contribution < 1.29 is 23.3 Å². The number of hydrogen-bond acceptors (Lipinski definition) is 5. The Kier molecular flexibility index (Phi) is 6.55. The zero-order valence-corrected chi connectivity index (χ0v) is 19.7. The number of carbonyl (C=O) groups excluding carboxylic acids is 2. The Balaban J connectivity index is 1.82. The first-order valence-corrected chi connectivity index (χ1v) is 11.6. The van der Waals surface area contributed by atoms with Gasteiger partial charge >= 0.3 is 5.97 Å². The first kappa shape index (κ1) is 23.0. The minimum atomic E-state index is -1.25. The smallest absolute Gasteiger partial charge is 0.308 e. The maximum absolute atomic E-state index is 13.0. The predicted molar refractivity (Wildman–Crippen MR) is 121 cm³/mol. The van der Waals surface area contributed by atoms with Crippen molar-refractivity contribution in [3.8, 4) is 11.5 Å². The fourth-order valence-electron chi connectivity index (χ4n) is 3.93. The highest BCUT2D eigenvalue weighted by Crippen LogP contribution is 2.44. The van der Waals surface area contributed by atoms with Gasteiger partial charge in [-0.2, -0.15) is 0 Å². The van der Waals surface area contributed by atoms with Gasteiger partial charge < -0.3 is 14.8 Å². The molecule has 2 unspecified atom stereocenters. The zero-order chi connectivity index (χ0) is 22.9. The van der Waals surface area contributed by atoms with Gasteiger partial charge in [0.25, 0.3) is 0 Å². The first-order valence-electron chi connectivity index (χ1n) is 10.3. The molecule has 3 rings (SSSR count). The molecule has 7 heteroatoms. The van der Waals surface area contributed by atoms with Crippen LogP contribution >= 0.6 is 0 Å². The van der Waals surface area contributed by atoms with Crippen LogP contribution in [0.25, 0.3) is 0 Å². The van der Waals surface area contributed by atoms with Crippen molar-refractivity contribution >= 4 is 28.4 Å². The number of ether oxygens (including phenoxy) is 2. The van der Waals surface area contributed by atoms with Crippen molar-refractivity contribution in [3.05, 3.63) is 46.5 Å². The summed E-state index contributed by atoms with van der Waals surface area (Å²) >= 11 is 0. The summed E-state index contributed by atoms with van der Waals surface area (Å²) in [6.45, 7) is 10.7. The van der Waals surface area contributed by atoms with Gasteiger partial charge in [0.05, 0.1) is 16.6 Å². The summed E-state index contributed by atoms with van der Waals surface area (Å²) in [4.78, 5) is 23.4. The fraction of sp³-hybridized carbons (Fsp3) is 0.417. The zero-order valence-electron chi connectivity index (χ0n) is 18.9. The standard InChI is InChI=1S/C24H29NO5S/c1-14-15(2)23-21(16(3)22(14)29-18(5)27)11-12-24(6,30-23)13-31(28)20-9-7-19(8-10-20)25-17(4)26/h7-10H,11-13H2,1-6H3,(H,25,26). The summed E-state index contributed by atoms with van der Waals surface area (Å²) in [5.74, 6) is 1.28. The van der Waals surface area contributed by atoms with Crippen LogP contribution in [0.4, 0.5) is 5.69 Å². The van der Waals surface area contributed by atoms with E-state index >= 15 is 0 Å². The molecule has 0 aliphatic carbocycles. The Hall–Kier alpha value is -2.67. The number of benzene rings is 2. The lowest BCUT2D eigenvalue weighted by molar-refractivity contribution is -0.132. The van der Waals surface area contributed by atoms with Crippen LogP contribution in [-0.2, 0) is 26.8 Å². The van der Waals surface area contributed by atoms with Crippen LogP contribution in [0.2, 0.25) is 0 Å². The van der Waals surface area contributed by atoms with E-state index in [4.69, 9.17) is 9.47 Å². The van der Waals surface area contributed by atoms with Gasteiger partial charge in [-0.05, 0) is 81.5 Å². The second kappa shape index (κ2) is 8.83. The molecule has 2 aromatic rings. The average Bonchev–Trinajstić information content (AvgIpc) is 2.69. The van der Waals surface area contributed by atoms with Gasteiger partial charge in [0, 0.05) is 30.0 Å². The molecule has 0 spiro atoms. The van der Waals surface area contributed by atoms with Crippen LogP contribution in [0, 0.1) is 20.8 Å². The molecule has 1 aliphatic heterocycles. The molecule has 2 atom stereocenters. The molecule has 0 saturated carbocycles. The van der Waals surface area contributed by atoms with E-state index in [-0.39, 0.29) is 11.9 Å². The Morgan fingerprint density at radius 2 is 1.74 bits per heavy atom. The van der Waals surface area contributed by atoms with Crippen molar-refractivity contribution in [2.45, 2.75) is 64.9 Å². The molecule has 0 fully saturated rings. The Labute approximate surface area is 185 Å². The second-order valence-corrected chi connectivity index (χ2v) is 9.80. The summed E-state index contributed by atoms with van der Waals surface area (Å²) in [6.07, 6.45) is 1.46. The minimum Gasteiger partial charge on any atom is -0.486 e. The van der Waals surface area contributed by atoms with E-state index < -0.39 is 16.4 Å². The van der Waals surface area contributed by atoms with Crippen molar-refractivity contribution in [2.24, 2.45) is 0 Å². The van der Waals surface area contributed by atoms with Crippen LogP contribution in [0.15, 0.2) is 29.2 Å². The number of fused-ring (bicyclic) bond motifs is 1. The lowest BCUT2D eigenvalue weighted by atomic mass is 9.88. The number of hydrogen-bond donors (Lipinski definition) is 1. The molecular formula is C24H29NO5S. The molecule has 0 saturated heterocycles. The molecule has 1 heterocycles. The first-order chi connectivity index (χ1) is 14.5. The molecule has 1 N–H and O–H groups in total. The number of esters is 1. The van der Waals surface area contributed by atoms with Crippen LogP contribution in [0.1, 0.15) is 49.4 Å². The van der Waals surface area contributed by atoms with E-state index in [0.29, 0.717) is 28.5 Å². The largest absolute Gasteiger partial charge is 0.486 e. The quantitative estimate of drug-likeness (QED) is 0.548. The molecule has 0 bridgehead atoms. The Morgan fingerprint density at radius 3 is 2.32 bits per heavy atom. The monoisotopic (exact) mass is 443 g/mol. The number of carbonyl (C=O) groups is 2. The third kappa shape index (κ3) is 4.98. The fourth-order valence-corrected chi connectivity index (χ4v) is 5.30. The van der Waals surface area contributed by atoms with Crippen LogP contribution in [0.5, 0.6) is 11.5 Å². The highest BCUT2D eigenvalue weighted by molar-refractivity contribution is 7.85. The normalized spacial score (nSPS) is 18.5. The summed E-state index contributed by atoms with van der Waals surface area (Å²) in [7, 11) is -1.25. The second-order valence-electron chi connectivity index (χ2n) is 8.35. The van der Waals surface area contributed by atoms with Gasteiger partial charge in [-0.15, -0.1) is 0 Å². The summed E-state index contributed by atoms with van der Waals surface area (Å²) in [6, 6.07) is 7.04. The SMILES string of the molecule is CC(=O)Nc1ccc(S(=O)CC2(C)CCc3c(C)c(OC(C)=O)c(C)c(C)c3O2)cc1. The third-order valence-corrected chi connectivity index (χ3v) is 7.35. The highest BCUT2D eigenvalue weighted by Gasteiger charge is 2.36. The third-order valence-electron chi connectivity index (χ3n) is 5.68. The number of amides is 1. The Morgan fingerprint density at radius 1 is 1.10 bits per heavy atom. The number of anilines is 1. The average molecular weight is 444 g/mol. The summed E-state index contributed by atoms with van der Waals surface area (Å²) in [5, 5.41) is 2.71. The van der Waals surface area contributed by atoms with Gasteiger partial charge in [-0.3, -0.25) is 13.8 Å². The maximum atomic E-state index is 13.0. The highest BCUT2D eigenvalue weighted by atomic mass is 32.2. The van der Waals surface area contributed by atoms with Crippen molar-refractivity contribution in [1.82, 2.24) is 0 Å². The molecule has 1 aliphatic rings. The van der Waals surface area contributed by atoms with Crippen LogP contribution in [-0.4, -0.2) is 27.4 Å². The molecule has 31 heavy (non-hydrogen) atoms. The maximum Gasteiger partial charge on any atom is 0.308 e. The van der Waals surface area contributed by atoms with E-state index in [1.807, 2.05) is 27.7 Å². The lowest BCUT2D eigenvalue weighted by Crippen LogP contribution is -2.42. The molecule has 6 nitrogen and oxygen atoms in total. The van der Waals surface area contributed by atoms with Gasteiger partial charge in [0.15, 0.2) is 0 Å². The van der Waals surface area contributed by atoms with Crippen molar-refractivity contribution in [3.63, 3.8) is 0 Å². The molecule has 166 valence electrons. The molecule has 0 radical (unpaired) electrons. The van der Waals surface area contributed by atoms with E-state index in [2.05, 4.69) is 5.32 Å². The molecular weight excluding hydrogens is 414 g/mol. The van der Waals surface area contributed by atoms with Gasteiger partial charge in [0.2, 0.25) is 5.91 Å². The van der Waals surface area contributed by atoms with E-state index in [0.717, 1.165) is 34.4 Å². The van der Waals surface area contributed by atoms with Gasteiger partial charge in [-0.25, -0.2) is 0 Å². The van der Waals surface area contributed by atoms with Gasteiger partial charge in [-0.1, -0.05) is 0 Å².